The molecule has 3 aromatic rings. The first-order valence-corrected chi connectivity index (χ1v) is 12.2. The van der Waals surface area contributed by atoms with Crippen molar-refractivity contribution in [2.24, 2.45) is 0 Å². The van der Waals surface area contributed by atoms with Gasteiger partial charge >= 0.3 is 0 Å². The van der Waals surface area contributed by atoms with E-state index in [0.717, 1.165) is 54.9 Å². The first-order valence-electron chi connectivity index (χ1n) is 11.5. The van der Waals surface area contributed by atoms with Gasteiger partial charge in [-0.25, -0.2) is 4.98 Å². The van der Waals surface area contributed by atoms with Gasteiger partial charge < -0.3 is 14.8 Å². The van der Waals surface area contributed by atoms with E-state index in [2.05, 4.69) is 21.7 Å². The molecular weight excluding hydrogens is 443 g/mol. The Bertz CT molecular complexity index is 1070. The van der Waals surface area contributed by atoms with Gasteiger partial charge in [-0.15, -0.1) is 0 Å². The van der Waals surface area contributed by atoms with Gasteiger partial charge in [-0.05, 0) is 62.2 Å². The fourth-order valence-electron chi connectivity index (χ4n) is 4.51. The highest BCUT2D eigenvalue weighted by atomic mass is 35.5. The fourth-order valence-corrected chi connectivity index (χ4v) is 4.99. The topological polar surface area (TPSA) is 50.2 Å². The number of benzene rings is 2. The lowest BCUT2D eigenvalue weighted by atomic mass is 10.1. The molecule has 0 bridgehead atoms. The van der Waals surface area contributed by atoms with Gasteiger partial charge in [0.1, 0.15) is 11.9 Å². The maximum absolute atomic E-state index is 13.3. The number of aromatic nitrogens is 2. The van der Waals surface area contributed by atoms with E-state index in [4.69, 9.17) is 28.2 Å². The number of hydrogen-bond donors (Lipinski definition) is 1. The molecular formula is C25H30Cl2N4O. The summed E-state index contributed by atoms with van der Waals surface area (Å²) in [5.41, 5.74) is 2.80. The SMILES string of the molecule is CCCC(C(=O)NCCN1CCCC1)n1c(Cc2ccc(Cl)cc2Cl)nc2ccccc21. The Hall–Kier alpha value is -2.08. The van der Waals surface area contributed by atoms with Crippen LogP contribution in [0, 0.1) is 0 Å². The number of hydrogen-bond acceptors (Lipinski definition) is 3. The minimum Gasteiger partial charge on any atom is -0.353 e. The molecule has 1 aliphatic rings. The molecule has 0 saturated carbocycles. The van der Waals surface area contributed by atoms with Crippen molar-refractivity contribution in [2.75, 3.05) is 26.2 Å². The number of likely N-dealkylation sites (tertiary alicyclic amines) is 1. The number of fused-ring (bicyclic) bond motifs is 1. The molecule has 0 aliphatic carbocycles. The van der Waals surface area contributed by atoms with Crippen LogP contribution in [0.5, 0.6) is 0 Å². The molecule has 1 fully saturated rings. The third-order valence-corrected chi connectivity index (χ3v) is 6.72. The number of carbonyl (C=O) groups excluding carboxylic acids is 1. The minimum atomic E-state index is -0.313. The van der Waals surface area contributed by atoms with Crippen LogP contribution in [-0.2, 0) is 11.2 Å². The van der Waals surface area contributed by atoms with Crippen molar-refractivity contribution < 1.29 is 4.79 Å². The molecule has 1 unspecified atom stereocenters. The number of amides is 1. The number of carbonyl (C=O) groups is 1. The summed E-state index contributed by atoms with van der Waals surface area (Å²) in [7, 11) is 0. The van der Waals surface area contributed by atoms with Crippen LogP contribution in [0.2, 0.25) is 10.0 Å². The highest BCUT2D eigenvalue weighted by molar-refractivity contribution is 6.35. The van der Waals surface area contributed by atoms with Crippen LogP contribution < -0.4 is 5.32 Å². The largest absolute Gasteiger partial charge is 0.353 e. The zero-order valence-corrected chi connectivity index (χ0v) is 20.0. The van der Waals surface area contributed by atoms with Gasteiger partial charge in [-0.1, -0.05) is 54.7 Å². The van der Waals surface area contributed by atoms with Crippen LogP contribution in [-0.4, -0.2) is 46.5 Å². The summed E-state index contributed by atoms with van der Waals surface area (Å²) in [5, 5.41) is 4.40. The van der Waals surface area contributed by atoms with Crippen molar-refractivity contribution >= 4 is 40.1 Å². The zero-order chi connectivity index (χ0) is 22.5. The Balaban J connectivity index is 1.62. The van der Waals surface area contributed by atoms with Crippen LogP contribution in [0.3, 0.4) is 0 Å². The van der Waals surface area contributed by atoms with Gasteiger partial charge in [0, 0.05) is 29.6 Å². The molecule has 7 heteroatoms. The average molecular weight is 473 g/mol. The maximum atomic E-state index is 13.3. The summed E-state index contributed by atoms with van der Waals surface area (Å²) in [5.74, 6) is 0.890. The molecule has 1 aliphatic heterocycles. The van der Waals surface area contributed by atoms with E-state index in [9.17, 15) is 4.79 Å². The predicted octanol–water partition coefficient (Wildman–Crippen LogP) is 5.49. The molecule has 1 N–H and O–H groups in total. The van der Waals surface area contributed by atoms with E-state index in [1.54, 1.807) is 6.07 Å². The van der Waals surface area contributed by atoms with Crippen molar-refractivity contribution in [3.63, 3.8) is 0 Å². The molecule has 0 radical (unpaired) electrons. The lowest BCUT2D eigenvalue weighted by molar-refractivity contribution is -0.124. The average Bonchev–Trinajstić information content (AvgIpc) is 3.41. The number of nitrogens with one attached hydrogen (secondary N) is 1. The third-order valence-electron chi connectivity index (χ3n) is 6.13. The van der Waals surface area contributed by atoms with Crippen molar-refractivity contribution in [3.8, 4) is 0 Å². The molecule has 32 heavy (non-hydrogen) atoms. The second-order valence-electron chi connectivity index (χ2n) is 8.44. The van der Waals surface area contributed by atoms with E-state index in [1.165, 1.54) is 12.8 Å². The van der Waals surface area contributed by atoms with Gasteiger partial charge in [0.2, 0.25) is 5.91 Å². The monoisotopic (exact) mass is 472 g/mol. The zero-order valence-electron chi connectivity index (χ0n) is 18.5. The molecule has 2 heterocycles. The fraction of sp³-hybridized carbons (Fsp3) is 0.440. The molecule has 1 amide bonds. The van der Waals surface area contributed by atoms with Crippen LogP contribution in [0.1, 0.15) is 50.0 Å². The number of rotatable bonds is 9. The Labute approximate surface area is 199 Å². The van der Waals surface area contributed by atoms with E-state index in [1.807, 2.05) is 36.4 Å². The van der Waals surface area contributed by atoms with Crippen LogP contribution in [0.25, 0.3) is 11.0 Å². The van der Waals surface area contributed by atoms with Gasteiger partial charge in [-0.3, -0.25) is 4.79 Å². The summed E-state index contributed by atoms with van der Waals surface area (Å²) in [6.45, 7) is 5.95. The van der Waals surface area contributed by atoms with Gasteiger partial charge in [0.05, 0.1) is 11.0 Å². The normalized spacial score (nSPS) is 15.3. The van der Waals surface area contributed by atoms with Crippen molar-refractivity contribution in [3.05, 3.63) is 63.9 Å². The molecule has 1 aromatic heterocycles. The van der Waals surface area contributed by atoms with Crippen LogP contribution in [0.4, 0.5) is 0 Å². The lowest BCUT2D eigenvalue weighted by Gasteiger charge is -2.22. The van der Waals surface area contributed by atoms with Crippen LogP contribution >= 0.6 is 23.2 Å². The van der Waals surface area contributed by atoms with E-state index in [0.29, 0.717) is 23.0 Å². The summed E-state index contributed by atoms with van der Waals surface area (Å²) >= 11 is 12.5. The van der Waals surface area contributed by atoms with Gasteiger partial charge in [0.25, 0.3) is 0 Å². The Morgan fingerprint density at radius 1 is 1.16 bits per heavy atom. The maximum Gasteiger partial charge on any atom is 0.243 e. The second-order valence-corrected chi connectivity index (χ2v) is 9.29. The predicted molar refractivity (Wildman–Crippen MR) is 132 cm³/mol. The molecule has 2 aromatic carbocycles. The Morgan fingerprint density at radius 2 is 1.94 bits per heavy atom. The highest BCUT2D eigenvalue weighted by Crippen LogP contribution is 2.29. The number of para-hydroxylation sites is 2. The highest BCUT2D eigenvalue weighted by Gasteiger charge is 2.25. The first kappa shape index (κ1) is 23.1. The van der Waals surface area contributed by atoms with E-state index in [-0.39, 0.29) is 11.9 Å². The summed E-state index contributed by atoms with van der Waals surface area (Å²) in [6.07, 6.45) is 4.69. The molecule has 4 rings (SSSR count). The quantitative estimate of drug-likeness (QED) is 0.447. The molecule has 170 valence electrons. The number of halogens is 2. The Kier molecular flexibility index (Phi) is 7.71. The minimum absolute atomic E-state index is 0.0534. The van der Waals surface area contributed by atoms with Crippen LogP contribution in [0.15, 0.2) is 42.5 Å². The van der Waals surface area contributed by atoms with Crippen molar-refractivity contribution in [1.29, 1.82) is 0 Å². The molecule has 1 saturated heterocycles. The van der Waals surface area contributed by atoms with Gasteiger partial charge in [-0.2, -0.15) is 0 Å². The third kappa shape index (κ3) is 5.28. The Morgan fingerprint density at radius 3 is 2.69 bits per heavy atom. The van der Waals surface area contributed by atoms with Crippen molar-refractivity contribution in [1.82, 2.24) is 19.8 Å². The summed E-state index contributed by atoms with van der Waals surface area (Å²) in [4.78, 5) is 20.6. The second kappa shape index (κ2) is 10.7. The summed E-state index contributed by atoms with van der Waals surface area (Å²) in [6, 6.07) is 13.2. The van der Waals surface area contributed by atoms with E-state index >= 15 is 0 Å². The molecule has 1 atom stereocenters. The molecule has 5 nitrogen and oxygen atoms in total. The van der Waals surface area contributed by atoms with E-state index < -0.39 is 0 Å². The molecule has 0 spiro atoms. The number of nitrogens with zero attached hydrogens (tertiary/aromatic N) is 3. The van der Waals surface area contributed by atoms with Gasteiger partial charge in [0.15, 0.2) is 0 Å². The first-order chi connectivity index (χ1) is 15.6. The lowest BCUT2D eigenvalue weighted by Crippen LogP contribution is -2.38. The smallest absolute Gasteiger partial charge is 0.243 e. The summed E-state index contributed by atoms with van der Waals surface area (Å²) < 4.78 is 2.11. The van der Waals surface area contributed by atoms with Crippen molar-refractivity contribution in [2.45, 2.75) is 45.1 Å². The number of imidazole rings is 1. The standard InChI is InChI=1S/C25H30Cl2N4O/c1-2-7-23(25(32)28-12-15-30-13-5-6-14-30)31-22-9-4-3-8-21(22)29-24(31)16-18-10-11-19(26)17-20(18)27/h3-4,8-11,17,23H,2,5-7,12-16H2,1H3,(H,28,32).